The van der Waals surface area contributed by atoms with Crippen LogP contribution in [0.15, 0.2) is 45.8 Å². The number of rotatable bonds is 6. The molecule has 25 heavy (non-hydrogen) atoms. The van der Waals surface area contributed by atoms with Crippen LogP contribution in [0.5, 0.6) is 0 Å². The molecule has 5 nitrogen and oxygen atoms in total. The summed E-state index contributed by atoms with van der Waals surface area (Å²) in [5, 5.41) is 11.1. The van der Waals surface area contributed by atoms with Crippen molar-refractivity contribution in [3.63, 3.8) is 0 Å². The van der Waals surface area contributed by atoms with E-state index in [1.807, 2.05) is 0 Å². The molecule has 2 rings (SSSR count). The molecule has 0 aliphatic carbocycles. The summed E-state index contributed by atoms with van der Waals surface area (Å²) in [6, 6.07) is 5.86. The Balaban J connectivity index is 2.48. The lowest BCUT2D eigenvalue weighted by molar-refractivity contribution is -0.306. The maximum Gasteiger partial charge on any atom is 0.245 e. The molecule has 10 heteroatoms. The second-order valence-electron chi connectivity index (χ2n) is 4.97. The van der Waals surface area contributed by atoms with Crippen molar-refractivity contribution < 1.29 is 27.1 Å². The van der Waals surface area contributed by atoms with Gasteiger partial charge in [0.2, 0.25) is 10.0 Å². The van der Waals surface area contributed by atoms with Gasteiger partial charge in [0.25, 0.3) is 0 Å². The molecule has 2 aromatic rings. The van der Waals surface area contributed by atoms with E-state index in [0.717, 1.165) is 6.07 Å². The van der Waals surface area contributed by atoms with Gasteiger partial charge in [-0.1, -0.05) is 29.8 Å². The number of benzene rings is 2. The average molecular weight is 454 g/mol. The van der Waals surface area contributed by atoms with Gasteiger partial charge in [0, 0.05) is 28.0 Å². The summed E-state index contributed by atoms with van der Waals surface area (Å²) in [5.74, 6) is -3.84. The Labute approximate surface area is 155 Å². The standard InChI is InChI=1S/C15H11BrClF2NO4S/c16-10-5-8(18)6-12(19)15(10)25(23,24)20-13(7-14(21)22)9-3-1-2-4-11(9)17/h1-6,13,20H,7H2,(H,21,22)/p-1/t13-/m0/s1. The largest absolute Gasteiger partial charge is 0.550 e. The first-order valence-electron chi connectivity index (χ1n) is 6.73. The number of halogens is 4. The summed E-state index contributed by atoms with van der Waals surface area (Å²) >= 11 is 8.77. The Kier molecular flexibility index (Phi) is 6.15. The van der Waals surface area contributed by atoms with Gasteiger partial charge in [0.15, 0.2) is 0 Å². The Morgan fingerprint density at radius 3 is 2.48 bits per heavy atom. The maximum atomic E-state index is 14.0. The third kappa shape index (κ3) is 4.75. The highest BCUT2D eigenvalue weighted by Crippen LogP contribution is 2.30. The molecule has 0 aromatic heterocycles. The third-order valence-electron chi connectivity index (χ3n) is 3.18. The van der Waals surface area contributed by atoms with E-state index in [2.05, 4.69) is 20.7 Å². The number of aliphatic carboxylic acids is 1. The SMILES string of the molecule is O=C([O-])C[C@H](NS(=O)(=O)c1c(F)cc(F)cc1Br)c1ccccc1Cl. The van der Waals surface area contributed by atoms with Gasteiger partial charge >= 0.3 is 0 Å². The highest BCUT2D eigenvalue weighted by molar-refractivity contribution is 9.10. The molecule has 0 bridgehead atoms. The van der Waals surface area contributed by atoms with Crippen LogP contribution in [0, 0.1) is 11.6 Å². The molecule has 0 aliphatic heterocycles. The van der Waals surface area contributed by atoms with Crippen molar-refractivity contribution in [1.29, 1.82) is 0 Å². The summed E-state index contributed by atoms with van der Waals surface area (Å²) in [6.07, 6.45) is -0.733. The van der Waals surface area contributed by atoms with Crippen molar-refractivity contribution in [2.45, 2.75) is 17.4 Å². The van der Waals surface area contributed by atoms with Gasteiger partial charge < -0.3 is 9.90 Å². The van der Waals surface area contributed by atoms with Crippen molar-refractivity contribution in [2.24, 2.45) is 0 Å². The van der Waals surface area contributed by atoms with E-state index in [1.54, 1.807) is 6.07 Å². The lowest BCUT2D eigenvalue weighted by Crippen LogP contribution is -2.35. The lowest BCUT2D eigenvalue weighted by atomic mass is 10.1. The van der Waals surface area contributed by atoms with Gasteiger partial charge in [-0.3, -0.25) is 0 Å². The van der Waals surface area contributed by atoms with Crippen molar-refractivity contribution in [2.75, 3.05) is 0 Å². The minimum absolute atomic E-state index is 0.120. The molecule has 0 unspecified atom stereocenters. The van der Waals surface area contributed by atoms with Crippen molar-refractivity contribution in [1.82, 2.24) is 4.72 Å². The van der Waals surface area contributed by atoms with Crippen LogP contribution >= 0.6 is 27.5 Å². The topological polar surface area (TPSA) is 86.3 Å². The van der Waals surface area contributed by atoms with Crippen LogP contribution in [0.4, 0.5) is 8.78 Å². The molecule has 2 aromatic carbocycles. The fourth-order valence-electron chi connectivity index (χ4n) is 2.17. The first-order valence-corrected chi connectivity index (χ1v) is 9.38. The van der Waals surface area contributed by atoms with Gasteiger partial charge in [-0.05, 0) is 33.6 Å². The average Bonchev–Trinajstić information content (AvgIpc) is 2.44. The summed E-state index contributed by atoms with van der Waals surface area (Å²) in [6.45, 7) is 0. The quantitative estimate of drug-likeness (QED) is 0.728. The Hall–Kier alpha value is -1.55. The number of carbonyl (C=O) groups excluding carboxylic acids is 1. The number of sulfonamides is 1. The first kappa shape index (κ1) is 19.8. The number of hydrogen-bond donors (Lipinski definition) is 1. The summed E-state index contributed by atoms with van der Waals surface area (Å²) in [4.78, 5) is 10.1. The van der Waals surface area contributed by atoms with Crippen LogP contribution < -0.4 is 9.83 Å². The zero-order chi connectivity index (χ0) is 18.8. The molecule has 0 saturated carbocycles. The fourth-order valence-corrected chi connectivity index (χ4v) is 4.82. The molecule has 1 atom stereocenters. The Bertz CT molecular complexity index is 900. The minimum atomic E-state index is -4.54. The molecule has 1 N–H and O–H groups in total. The minimum Gasteiger partial charge on any atom is -0.550 e. The molecule has 0 spiro atoms. The number of carboxylic acids is 1. The molecule has 0 amide bonds. The van der Waals surface area contributed by atoms with Crippen LogP contribution in [0.1, 0.15) is 18.0 Å². The van der Waals surface area contributed by atoms with Crippen LogP contribution in [0.2, 0.25) is 5.02 Å². The van der Waals surface area contributed by atoms with E-state index in [9.17, 15) is 27.1 Å². The van der Waals surface area contributed by atoms with Gasteiger partial charge in [0.1, 0.15) is 16.5 Å². The van der Waals surface area contributed by atoms with Crippen molar-refractivity contribution >= 4 is 43.5 Å². The van der Waals surface area contributed by atoms with E-state index < -0.39 is 45.0 Å². The summed E-state index contributed by atoms with van der Waals surface area (Å²) in [7, 11) is -4.54. The number of hydrogen-bond acceptors (Lipinski definition) is 4. The van der Waals surface area contributed by atoms with Crippen LogP contribution in [0.25, 0.3) is 0 Å². The summed E-state index contributed by atoms with van der Waals surface area (Å²) in [5.41, 5.74) is 0.176. The Morgan fingerprint density at radius 1 is 1.28 bits per heavy atom. The lowest BCUT2D eigenvalue weighted by Gasteiger charge is -2.21. The molecular weight excluding hydrogens is 444 g/mol. The molecule has 0 fully saturated rings. The normalized spacial score (nSPS) is 12.8. The van der Waals surface area contributed by atoms with Gasteiger partial charge in [-0.2, -0.15) is 0 Å². The van der Waals surface area contributed by atoms with Crippen LogP contribution in [0.3, 0.4) is 0 Å². The van der Waals surface area contributed by atoms with E-state index >= 15 is 0 Å². The van der Waals surface area contributed by atoms with Gasteiger partial charge in [0.05, 0.1) is 6.04 Å². The second-order valence-corrected chi connectivity index (χ2v) is 7.88. The summed E-state index contributed by atoms with van der Waals surface area (Å²) < 4.78 is 53.9. The molecule has 0 saturated heterocycles. The molecule has 134 valence electrons. The molecular formula is C15H10BrClF2NO4S-. The van der Waals surface area contributed by atoms with E-state index in [-0.39, 0.29) is 15.1 Å². The predicted molar refractivity (Wildman–Crippen MR) is 88.2 cm³/mol. The smallest absolute Gasteiger partial charge is 0.245 e. The highest BCUT2D eigenvalue weighted by atomic mass is 79.9. The zero-order valence-corrected chi connectivity index (χ0v) is 15.5. The Morgan fingerprint density at radius 2 is 1.92 bits per heavy atom. The molecule has 0 radical (unpaired) electrons. The monoisotopic (exact) mass is 452 g/mol. The van der Waals surface area contributed by atoms with Crippen LogP contribution in [-0.2, 0) is 14.8 Å². The first-order chi connectivity index (χ1) is 11.6. The van der Waals surface area contributed by atoms with E-state index in [4.69, 9.17) is 11.6 Å². The number of carboxylic acid groups (broad SMARTS) is 1. The third-order valence-corrected chi connectivity index (χ3v) is 5.96. The second kappa shape index (κ2) is 7.77. The van der Waals surface area contributed by atoms with E-state index in [0.29, 0.717) is 6.07 Å². The van der Waals surface area contributed by atoms with Crippen LogP contribution in [-0.4, -0.2) is 14.4 Å². The van der Waals surface area contributed by atoms with Gasteiger partial charge in [-0.25, -0.2) is 21.9 Å². The van der Waals surface area contributed by atoms with Gasteiger partial charge in [-0.15, -0.1) is 0 Å². The maximum absolute atomic E-state index is 14.0. The van der Waals surface area contributed by atoms with Crippen molar-refractivity contribution in [3.05, 3.63) is 63.1 Å². The van der Waals surface area contributed by atoms with Crippen molar-refractivity contribution in [3.8, 4) is 0 Å². The van der Waals surface area contributed by atoms with E-state index in [1.165, 1.54) is 18.2 Å². The highest BCUT2D eigenvalue weighted by Gasteiger charge is 2.28. The number of carbonyl (C=O) groups is 1. The predicted octanol–water partition coefficient (Wildman–Crippen LogP) is 2.54. The molecule has 0 heterocycles. The molecule has 0 aliphatic rings. The fraction of sp³-hybridized carbons (Fsp3) is 0.133. The number of nitrogens with one attached hydrogen (secondary N) is 1. The zero-order valence-electron chi connectivity index (χ0n) is 12.3.